The first-order valence-electron chi connectivity index (χ1n) is 5.98. The van der Waals surface area contributed by atoms with Crippen molar-refractivity contribution in [2.45, 2.75) is 18.5 Å². The molecule has 0 saturated heterocycles. The number of aromatic nitrogens is 2. The summed E-state index contributed by atoms with van der Waals surface area (Å²) < 4.78 is 42.0. The lowest BCUT2D eigenvalue weighted by molar-refractivity contribution is 0.597. The summed E-state index contributed by atoms with van der Waals surface area (Å²) >= 11 is 4.75. The Balaban J connectivity index is 2.42. The Bertz CT molecular complexity index is 786. The predicted molar refractivity (Wildman–Crippen MR) is 81.0 cm³/mol. The summed E-state index contributed by atoms with van der Waals surface area (Å²) in [5, 5.41) is -0.164. The molecule has 3 N–H and O–H groups in total. The van der Waals surface area contributed by atoms with Gasteiger partial charge in [-0.15, -0.1) is 0 Å². The van der Waals surface area contributed by atoms with Crippen LogP contribution in [0.15, 0.2) is 35.7 Å². The summed E-state index contributed by atoms with van der Waals surface area (Å²) in [6, 6.07) is 3.89. The molecule has 0 unspecified atom stereocenters. The van der Waals surface area contributed by atoms with E-state index in [9.17, 15) is 12.8 Å². The average Bonchev–Trinajstić information content (AvgIpc) is 2.87. The van der Waals surface area contributed by atoms with Crippen molar-refractivity contribution in [1.82, 2.24) is 9.55 Å². The molecule has 9 heteroatoms. The van der Waals surface area contributed by atoms with Crippen LogP contribution in [0, 0.1) is 5.82 Å². The number of nitrogens with zero attached hydrogens (tertiary/aromatic N) is 2. The zero-order chi connectivity index (χ0) is 15.6. The van der Waals surface area contributed by atoms with Gasteiger partial charge in [0.1, 0.15) is 10.8 Å². The van der Waals surface area contributed by atoms with Gasteiger partial charge in [0, 0.05) is 12.7 Å². The van der Waals surface area contributed by atoms with E-state index in [1.54, 1.807) is 4.57 Å². The molecule has 0 atom stereocenters. The van der Waals surface area contributed by atoms with Gasteiger partial charge in [0.15, 0.2) is 5.03 Å². The van der Waals surface area contributed by atoms with E-state index in [1.807, 2.05) is 6.92 Å². The fourth-order valence-electron chi connectivity index (χ4n) is 1.71. The SMILES string of the molecule is CCn1cnc(S(=O)(=O)Nc2cccc(F)c2C(N)=S)c1. The van der Waals surface area contributed by atoms with Crippen LogP contribution in [-0.2, 0) is 16.6 Å². The Morgan fingerprint density at radius 1 is 1.52 bits per heavy atom. The number of halogens is 1. The average molecular weight is 328 g/mol. The second-order valence-corrected chi connectivity index (χ2v) is 6.24. The Kier molecular flexibility index (Phi) is 4.24. The van der Waals surface area contributed by atoms with Gasteiger partial charge in [-0.1, -0.05) is 18.3 Å². The lowest BCUT2D eigenvalue weighted by atomic mass is 10.2. The summed E-state index contributed by atoms with van der Waals surface area (Å²) in [4.78, 5) is 3.57. The van der Waals surface area contributed by atoms with Gasteiger partial charge in [-0.3, -0.25) is 4.72 Å². The minimum Gasteiger partial charge on any atom is -0.389 e. The molecule has 1 aromatic heterocycles. The first kappa shape index (κ1) is 15.4. The number of hydrogen-bond acceptors (Lipinski definition) is 4. The van der Waals surface area contributed by atoms with Crippen molar-refractivity contribution in [2.75, 3.05) is 4.72 Å². The second kappa shape index (κ2) is 5.78. The number of thiocarbonyl (C=S) groups is 1. The Morgan fingerprint density at radius 3 is 2.81 bits per heavy atom. The predicted octanol–water partition coefficient (Wildman–Crippen LogP) is 1.48. The van der Waals surface area contributed by atoms with Gasteiger partial charge < -0.3 is 10.3 Å². The molecule has 1 aromatic carbocycles. The number of imidazole rings is 1. The third-order valence-corrected chi connectivity index (χ3v) is 4.21. The van der Waals surface area contributed by atoms with Gasteiger partial charge >= 0.3 is 0 Å². The fourth-order valence-corrected chi connectivity index (χ4v) is 2.94. The molecule has 6 nitrogen and oxygen atoms in total. The summed E-state index contributed by atoms with van der Waals surface area (Å²) in [5.41, 5.74) is 5.27. The van der Waals surface area contributed by atoms with E-state index < -0.39 is 15.8 Å². The number of nitrogens with one attached hydrogen (secondary N) is 1. The maximum Gasteiger partial charge on any atom is 0.280 e. The molecule has 112 valence electrons. The molecule has 0 fully saturated rings. The number of hydrogen-bond donors (Lipinski definition) is 2. The highest BCUT2D eigenvalue weighted by Crippen LogP contribution is 2.22. The van der Waals surface area contributed by atoms with Crippen molar-refractivity contribution in [3.05, 3.63) is 42.1 Å². The number of sulfonamides is 1. The number of benzene rings is 1. The largest absolute Gasteiger partial charge is 0.389 e. The maximum absolute atomic E-state index is 13.7. The molecule has 1 heterocycles. The molecule has 0 aliphatic carbocycles. The fraction of sp³-hybridized carbons (Fsp3) is 0.167. The number of rotatable bonds is 5. The molecule has 0 radical (unpaired) electrons. The van der Waals surface area contributed by atoms with Crippen LogP contribution in [0.5, 0.6) is 0 Å². The molecule has 0 bridgehead atoms. The van der Waals surface area contributed by atoms with Gasteiger partial charge in [0.05, 0.1) is 17.6 Å². The van der Waals surface area contributed by atoms with Crippen molar-refractivity contribution >= 4 is 32.9 Å². The van der Waals surface area contributed by atoms with E-state index >= 15 is 0 Å². The van der Waals surface area contributed by atoms with E-state index in [-0.39, 0.29) is 21.3 Å². The minimum absolute atomic E-state index is 0.0199. The van der Waals surface area contributed by atoms with E-state index in [0.717, 1.165) is 6.07 Å². The zero-order valence-electron chi connectivity index (χ0n) is 11.1. The molecule has 0 spiro atoms. The summed E-state index contributed by atoms with van der Waals surface area (Å²) in [6.07, 6.45) is 2.77. The van der Waals surface area contributed by atoms with Crippen molar-refractivity contribution in [1.29, 1.82) is 0 Å². The highest BCUT2D eigenvalue weighted by Gasteiger charge is 2.21. The van der Waals surface area contributed by atoms with Crippen LogP contribution in [0.2, 0.25) is 0 Å². The lowest BCUT2D eigenvalue weighted by Gasteiger charge is -2.11. The highest BCUT2D eigenvalue weighted by molar-refractivity contribution is 7.92. The van der Waals surface area contributed by atoms with Crippen LogP contribution in [0.25, 0.3) is 0 Å². The van der Waals surface area contributed by atoms with Crippen LogP contribution in [0.4, 0.5) is 10.1 Å². The van der Waals surface area contributed by atoms with Crippen LogP contribution in [-0.4, -0.2) is 23.0 Å². The van der Waals surface area contributed by atoms with Crippen molar-refractivity contribution in [3.63, 3.8) is 0 Å². The summed E-state index contributed by atoms with van der Waals surface area (Å²) in [7, 11) is -3.94. The van der Waals surface area contributed by atoms with E-state index in [1.165, 1.54) is 24.7 Å². The lowest BCUT2D eigenvalue weighted by Crippen LogP contribution is -2.19. The first-order valence-corrected chi connectivity index (χ1v) is 7.87. The number of nitrogens with two attached hydrogens (primary N) is 1. The normalized spacial score (nSPS) is 11.3. The van der Waals surface area contributed by atoms with Gasteiger partial charge in [-0.05, 0) is 19.1 Å². The Morgan fingerprint density at radius 2 is 2.24 bits per heavy atom. The van der Waals surface area contributed by atoms with Crippen LogP contribution in [0.1, 0.15) is 12.5 Å². The van der Waals surface area contributed by atoms with Gasteiger partial charge in [-0.2, -0.15) is 8.42 Å². The summed E-state index contributed by atoms with van der Waals surface area (Å²) in [5.74, 6) is -0.693. The van der Waals surface area contributed by atoms with Crippen molar-refractivity contribution in [2.24, 2.45) is 5.73 Å². The standard InChI is InChI=1S/C12H13FN4O2S2/c1-2-17-6-10(15-7-17)21(18,19)16-9-5-3-4-8(13)11(9)12(14)20/h3-7,16H,2H2,1H3,(H2,14,20). The number of anilines is 1. The smallest absolute Gasteiger partial charge is 0.280 e. The Hall–Kier alpha value is -2.00. The van der Waals surface area contributed by atoms with E-state index in [2.05, 4.69) is 9.71 Å². The second-order valence-electron chi connectivity index (χ2n) is 4.17. The van der Waals surface area contributed by atoms with E-state index in [4.69, 9.17) is 18.0 Å². The van der Waals surface area contributed by atoms with Crippen LogP contribution >= 0.6 is 12.2 Å². The molecule has 0 aliphatic rings. The maximum atomic E-state index is 13.7. The molecule has 0 saturated carbocycles. The van der Waals surface area contributed by atoms with Gasteiger partial charge in [-0.25, -0.2) is 9.37 Å². The molecule has 2 rings (SSSR count). The molecular formula is C12H13FN4O2S2. The quantitative estimate of drug-likeness (QED) is 0.811. The van der Waals surface area contributed by atoms with Crippen LogP contribution < -0.4 is 10.5 Å². The van der Waals surface area contributed by atoms with Gasteiger partial charge in [0.25, 0.3) is 10.0 Å². The molecule has 2 aromatic rings. The molecular weight excluding hydrogens is 315 g/mol. The zero-order valence-corrected chi connectivity index (χ0v) is 12.7. The molecule has 0 amide bonds. The van der Waals surface area contributed by atoms with E-state index in [0.29, 0.717) is 6.54 Å². The van der Waals surface area contributed by atoms with Crippen molar-refractivity contribution < 1.29 is 12.8 Å². The third-order valence-electron chi connectivity index (χ3n) is 2.75. The third kappa shape index (κ3) is 3.19. The number of aryl methyl sites for hydroxylation is 1. The Labute approximate surface area is 126 Å². The molecule has 0 aliphatic heterocycles. The highest BCUT2D eigenvalue weighted by atomic mass is 32.2. The molecule has 21 heavy (non-hydrogen) atoms. The van der Waals surface area contributed by atoms with Crippen molar-refractivity contribution in [3.8, 4) is 0 Å². The summed E-state index contributed by atoms with van der Waals surface area (Å²) in [6.45, 7) is 2.43. The first-order chi connectivity index (χ1) is 9.85. The minimum atomic E-state index is -3.94. The topological polar surface area (TPSA) is 90.0 Å². The van der Waals surface area contributed by atoms with Crippen LogP contribution in [0.3, 0.4) is 0 Å². The van der Waals surface area contributed by atoms with Gasteiger partial charge in [0.2, 0.25) is 0 Å². The monoisotopic (exact) mass is 328 g/mol.